The standard InChI is InChI=1S/C14H20N2O3/c1-18-14(17)10-13-11-16(8-9-19-13)7-5-12-4-2-3-6-15-12/h2-4,6,13H,5,7-11H2,1H3. The fraction of sp³-hybridized carbons (Fsp3) is 0.571. The number of hydrogen-bond acceptors (Lipinski definition) is 5. The van der Waals surface area contributed by atoms with Gasteiger partial charge in [-0.25, -0.2) is 0 Å². The summed E-state index contributed by atoms with van der Waals surface area (Å²) in [6.07, 6.45) is 3.02. The Morgan fingerprint density at radius 2 is 2.47 bits per heavy atom. The van der Waals surface area contributed by atoms with Gasteiger partial charge in [0, 0.05) is 37.9 Å². The SMILES string of the molecule is COC(=O)CC1CN(CCc2ccccn2)CCO1. The second-order valence-corrected chi connectivity index (χ2v) is 4.64. The molecule has 0 saturated carbocycles. The zero-order valence-electron chi connectivity index (χ0n) is 11.2. The molecule has 104 valence electrons. The first-order chi connectivity index (χ1) is 9.28. The molecule has 0 aliphatic carbocycles. The van der Waals surface area contributed by atoms with Crippen LogP contribution < -0.4 is 0 Å². The molecular weight excluding hydrogens is 244 g/mol. The molecule has 1 aliphatic rings. The number of morpholine rings is 1. The lowest BCUT2D eigenvalue weighted by atomic mass is 10.2. The Hall–Kier alpha value is -1.46. The van der Waals surface area contributed by atoms with Gasteiger partial charge in [-0.2, -0.15) is 0 Å². The van der Waals surface area contributed by atoms with Crippen LogP contribution in [0.5, 0.6) is 0 Å². The van der Waals surface area contributed by atoms with Crippen molar-refractivity contribution >= 4 is 5.97 Å². The Morgan fingerprint density at radius 3 is 3.21 bits per heavy atom. The number of nitrogens with zero attached hydrogens (tertiary/aromatic N) is 2. The van der Waals surface area contributed by atoms with Crippen LogP contribution in [0.25, 0.3) is 0 Å². The number of esters is 1. The second kappa shape index (κ2) is 7.21. The number of hydrogen-bond donors (Lipinski definition) is 0. The van der Waals surface area contributed by atoms with E-state index in [4.69, 9.17) is 4.74 Å². The zero-order chi connectivity index (χ0) is 13.5. The minimum Gasteiger partial charge on any atom is -0.469 e. The molecule has 1 aliphatic heterocycles. The monoisotopic (exact) mass is 264 g/mol. The second-order valence-electron chi connectivity index (χ2n) is 4.64. The van der Waals surface area contributed by atoms with Crippen LogP contribution in [0.1, 0.15) is 12.1 Å². The van der Waals surface area contributed by atoms with Gasteiger partial charge in [0.1, 0.15) is 0 Å². The minimum atomic E-state index is -0.212. The molecule has 1 unspecified atom stereocenters. The number of aromatic nitrogens is 1. The molecule has 1 atom stereocenters. The number of rotatable bonds is 5. The molecule has 1 saturated heterocycles. The Morgan fingerprint density at radius 1 is 1.58 bits per heavy atom. The topological polar surface area (TPSA) is 51.7 Å². The number of ether oxygens (including phenoxy) is 2. The van der Waals surface area contributed by atoms with Crippen molar-refractivity contribution in [2.45, 2.75) is 18.9 Å². The van der Waals surface area contributed by atoms with Crippen LogP contribution in [-0.2, 0) is 20.7 Å². The predicted octanol–water partition coefficient (Wildman–Crippen LogP) is 0.888. The largest absolute Gasteiger partial charge is 0.469 e. The highest BCUT2D eigenvalue weighted by Crippen LogP contribution is 2.10. The quantitative estimate of drug-likeness (QED) is 0.739. The van der Waals surface area contributed by atoms with Crippen LogP contribution in [0.2, 0.25) is 0 Å². The molecular formula is C14H20N2O3. The molecule has 0 aromatic carbocycles. The van der Waals surface area contributed by atoms with Gasteiger partial charge >= 0.3 is 5.97 Å². The van der Waals surface area contributed by atoms with E-state index in [2.05, 4.69) is 14.6 Å². The average molecular weight is 264 g/mol. The van der Waals surface area contributed by atoms with Gasteiger partial charge in [-0.15, -0.1) is 0 Å². The highest BCUT2D eigenvalue weighted by Gasteiger charge is 2.22. The summed E-state index contributed by atoms with van der Waals surface area (Å²) in [6, 6.07) is 5.96. The van der Waals surface area contributed by atoms with Crippen molar-refractivity contribution in [3.8, 4) is 0 Å². The van der Waals surface area contributed by atoms with Crippen LogP contribution in [0, 0.1) is 0 Å². The molecule has 5 nitrogen and oxygen atoms in total. The summed E-state index contributed by atoms with van der Waals surface area (Å²) in [5, 5.41) is 0. The lowest BCUT2D eigenvalue weighted by molar-refractivity contribution is -0.145. The molecule has 0 spiro atoms. The Labute approximate surface area is 113 Å². The lowest BCUT2D eigenvalue weighted by Crippen LogP contribution is -2.44. The molecule has 0 amide bonds. The highest BCUT2D eigenvalue weighted by molar-refractivity contribution is 5.69. The van der Waals surface area contributed by atoms with Crippen molar-refractivity contribution in [2.24, 2.45) is 0 Å². The van der Waals surface area contributed by atoms with E-state index >= 15 is 0 Å². The van der Waals surface area contributed by atoms with E-state index < -0.39 is 0 Å². The van der Waals surface area contributed by atoms with E-state index in [0.29, 0.717) is 13.0 Å². The molecule has 0 bridgehead atoms. The third-order valence-electron chi connectivity index (χ3n) is 3.26. The van der Waals surface area contributed by atoms with Crippen molar-refractivity contribution in [3.05, 3.63) is 30.1 Å². The fourth-order valence-corrected chi connectivity index (χ4v) is 2.19. The maximum atomic E-state index is 11.2. The summed E-state index contributed by atoms with van der Waals surface area (Å²) in [5.41, 5.74) is 1.10. The van der Waals surface area contributed by atoms with E-state index in [1.54, 1.807) is 0 Å². The van der Waals surface area contributed by atoms with E-state index in [0.717, 1.165) is 31.7 Å². The molecule has 2 heterocycles. The molecule has 0 N–H and O–H groups in total. The van der Waals surface area contributed by atoms with Gasteiger partial charge in [0.25, 0.3) is 0 Å². The Bertz CT molecular complexity index is 397. The lowest BCUT2D eigenvalue weighted by Gasteiger charge is -2.32. The molecule has 1 aromatic heterocycles. The Balaban J connectivity index is 1.76. The number of carbonyl (C=O) groups excluding carboxylic acids is 1. The molecule has 2 rings (SSSR count). The van der Waals surface area contributed by atoms with Crippen molar-refractivity contribution in [1.29, 1.82) is 0 Å². The van der Waals surface area contributed by atoms with E-state index in [1.807, 2.05) is 24.4 Å². The average Bonchev–Trinajstić information content (AvgIpc) is 2.46. The van der Waals surface area contributed by atoms with Gasteiger partial charge in [-0.1, -0.05) is 6.07 Å². The molecule has 19 heavy (non-hydrogen) atoms. The van der Waals surface area contributed by atoms with E-state index in [9.17, 15) is 4.79 Å². The maximum Gasteiger partial charge on any atom is 0.308 e. The van der Waals surface area contributed by atoms with Gasteiger partial charge in [-0.3, -0.25) is 14.7 Å². The molecule has 1 aromatic rings. The van der Waals surface area contributed by atoms with Crippen molar-refractivity contribution in [2.75, 3.05) is 33.4 Å². The number of carbonyl (C=O) groups is 1. The van der Waals surface area contributed by atoms with Crippen LogP contribution in [0.3, 0.4) is 0 Å². The van der Waals surface area contributed by atoms with Gasteiger partial charge < -0.3 is 9.47 Å². The van der Waals surface area contributed by atoms with Crippen molar-refractivity contribution in [3.63, 3.8) is 0 Å². The van der Waals surface area contributed by atoms with Crippen molar-refractivity contribution < 1.29 is 14.3 Å². The van der Waals surface area contributed by atoms with Crippen LogP contribution in [0.4, 0.5) is 0 Å². The van der Waals surface area contributed by atoms with E-state index in [-0.39, 0.29) is 12.1 Å². The van der Waals surface area contributed by atoms with Crippen molar-refractivity contribution in [1.82, 2.24) is 9.88 Å². The summed E-state index contributed by atoms with van der Waals surface area (Å²) in [5.74, 6) is -0.212. The first-order valence-corrected chi connectivity index (χ1v) is 6.58. The summed E-state index contributed by atoms with van der Waals surface area (Å²) in [4.78, 5) is 17.9. The van der Waals surface area contributed by atoms with Crippen LogP contribution in [-0.4, -0.2) is 55.3 Å². The normalized spacial score (nSPS) is 20.2. The smallest absolute Gasteiger partial charge is 0.308 e. The minimum absolute atomic E-state index is 0.0510. The third kappa shape index (κ3) is 4.61. The summed E-state index contributed by atoms with van der Waals surface area (Å²) >= 11 is 0. The first-order valence-electron chi connectivity index (χ1n) is 6.58. The number of pyridine rings is 1. The predicted molar refractivity (Wildman–Crippen MR) is 70.8 cm³/mol. The molecule has 1 fully saturated rings. The first kappa shape index (κ1) is 14.0. The van der Waals surface area contributed by atoms with Gasteiger partial charge in [0.05, 0.1) is 26.2 Å². The van der Waals surface area contributed by atoms with Gasteiger partial charge in [0.15, 0.2) is 0 Å². The highest BCUT2D eigenvalue weighted by atomic mass is 16.5. The fourth-order valence-electron chi connectivity index (χ4n) is 2.19. The third-order valence-corrected chi connectivity index (χ3v) is 3.26. The van der Waals surface area contributed by atoms with Gasteiger partial charge in [-0.05, 0) is 12.1 Å². The van der Waals surface area contributed by atoms with Crippen LogP contribution >= 0.6 is 0 Å². The summed E-state index contributed by atoms with van der Waals surface area (Å²) in [7, 11) is 1.41. The molecule has 0 radical (unpaired) electrons. The van der Waals surface area contributed by atoms with Crippen LogP contribution in [0.15, 0.2) is 24.4 Å². The number of methoxy groups -OCH3 is 1. The maximum absolute atomic E-state index is 11.2. The molecule has 5 heteroatoms. The Kier molecular flexibility index (Phi) is 5.30. The summed E-state index contributed by atoms with van der Waals surface area (Å²) < 4.78 is 10.2. The van der Waals surface area contributed by atoms with Gasteiger partial charge in [0.2, 0.25) is 0 Å². The summed E-state index contributed by atoms with van der Waals surface area (Å²) in [6.45, 7) is 3.30. The zero-order valence-corrected chi connectivity index (χ0v) is 11.2. The van der Waals surface area contributed by atoms with E-state index in [1.165, 1.54) is 7.11 Å².